The van der Waals surface area contributed by atoms with E-state index in [0.717, 1.165) is 19.6 Å². The van der Waals surface area contributed by atoms with Gasteiger partial charge < -0.3 is 10.6 Å². The van der Waals surface area contributed by atoms with E-state index in [-0.39, 0.29) is 5.54 Å². The van der Waals surface area contributed by atoms with Crippen molar-refractivity contribution in [1.29, 1.82) is 0 Å². The molecular weight excluding hydrogens is 230 g/mol. The zero-order valence-corrected chi connectivity index (χ0v) is 12.6. The molecule has 1 rings (SSSR count). The van der Waals surface area contributed by atoms with E-state index in [9.17, 15) is 0 Å². The Labute approximate surface area is 111 Å². The van der Waals surface area contributed by atoms with Crippen molar-refractivity contribution in [3.05, 3.63) is 0 Å². The number of hydrogen-bond acceptors (Lipinski definition) is 4. The summed E-state index contributed by atoms with van der Waals surface area (Å²) >= 11 is 2.08. The molecule has 0 aromatic rings. The van der Waals surface area contributed by atoms with Crippen LogP contribution in [0.25, 0.3) is 0 Å². The molecule has 3 nitrogen and oxygen atoms in total. The molecule has 4 heteroatoms. The van der Waals surface area contributed by atoms with Gasteiger partial charge in [-0.15, -0.1) is 0 Å². The maximum absolute atomic E-state index is 6.11. The summed E-state index contributed by atoms with van der Waals surface area (Å²) in [6.45, 7) is 6.57. The van der Waals surface area contributed by atoms with E-state index in [2.05, 4.69) is 42.6 Å². The highest BCUT2D eigenvalue weighted by Gasteiger charge is 2.36. The summed E-state index contributed by atoms with van der Waals surface area (Å²) in [6, 6.07) is 0. The SMILES string of the molecule is CCCN(CCN(C)C)C1(CN)CCSCC1. The predicted octanol–water partition coefficient (Wildman–Crippen LogP) is 1.48. The lowest BCUT2D eigenvalue weighted by Crippen LogP contribution is -2.57. The maximum Gasteiger partial charge on any atom is 0.0347 e. The number of nitrogens with two attached hydrogens (primary N) is 1. The van der Waals surface area contributed by atoms with Crippen LogP contribution in [-0.2, 0) is 0 Å². The molecule has 0 radical (unpaired) electrons. The quantitative estimate of drug-likeness (QED) is 0.751. The van der Waals surface area contributed by atoms with Crippen molar-refractivity contribution < 1.29 is 0 Å². The fraction of sp³-hybridized carbons (Fsp3) is 1.00. The number of hydrogen-bond donors (Lipinski definition) is 1. The van der Waals surface area contributed by atoms with Crippen LogP contribution in [0.2, 0.25) is 0 Å². The Hall–Kier alpha value is 0.230. The lowest BCUT2D eigenvalue weighted by Gasteiger charge is -2.46. The van der Waals surface area contributed by atoms with Gasteiger partial charge in [0.15, 0.2) is 0 Å². The van der Waals surface area contributed by atoms with Crippen LogP contribution < -0.4 is 5.73 Å². The second-order valence-corrected chi connectivity index (χ2v) is 6.56. The number of likely N-dealkylation sites (N-methyl/N-ethyl adjacent to an activating group) is 1. The summed E-state index contributed by atoms with van der Waals surface area (Å²) in [5.74, 6) is 2.55. The molecule has 0 aromatic heterocycles. The molecule has 1 aliphatic heterocycles. The highest BCUT2D eigenvalue weighted by Crippen LogP contribution is 2.31. The first kappa shape index (κ1) is 15.3. The van der Waals surface area contributed by atoms with Crippen LogP contribution in [-0.4, -0.2) is 67.1 Å². The molecule has 2 N–H and O–H groups in total. The van der Waals surface area contributed by atoms with Gasteiger partial charge in [-0.25, -0.2) is 0 Å². The van der Waals surface area contributed by atoms with Crippen LogP contribution in [0.5, 0.6) is 0 Å². The molecule has 17 heavy (non-hydrogen) atoms. The normalized spacial score (nSPS) is 20.1. The zero-order chi connectivity index (χ0) is 12.7. The van der Waals surface area contributed by atoms with E-state index < -0.39 is 0 Å². The van der Waals surface area contributed by atoms with Crippen LogP contribution in [0.3, 0.4) is 0 Å². The minimum absolute atomic E-state index is 0.289. The fourth-order valence-electron chi connectivity index (χ4n) is 2.58. The molecule has 1 fully saturated rings. The summed E-state index contributed by atoms with van der Waals surface area (Å²) in [7, 11) is 4.30. The minimum Gasteiger partial charge on any atom is -0.329 e. The third-order valence-corrected chi connectivity index (χ3v) is 4.77. The van der Waals surface area contributed by atoms with E-state index in [4.69, 9.17) is 5.73 Å². The Kier molecular flexibility index (Phi) is 6.85. The van der Waals surface area contributed by atoms with Gasteiger partial charge in [0.05, 0.1) is 0 Å². The Morgan fingerprint density at radius 3 is 2.24 bits per heavy atom. The van der Waals surface area contributed by atoms with Gasteiger partial charge in [-0.2, -0.15) is 11.8 Å². The molecule has 1 aliphatic rings. The molecule has 0 saturated carbocycles. The van der Waals surface area contributed by atoms with Gasteiger partial charge >= 0.3 is 0 Å². The van der Waals surface area contributed by atoms with Gasteiger partial charge in [0.25, 0.3) is 0 Å². The predicted molar refractivity (Wildman–Crippen MR) is 78.8 cm³/mol. The largest absolute Gasteiger partial charge is 0.329 e. The smallest absolute Gasteiger partial charge is 0.0347 e. The second-order valence-electron chi connectivity index (χ2n) is 5.33. The van der Waals surface area contributed by atoms with E-state index in [1.54, 1.807) is 0 Å². The lowest BCUT2D eigenvalue weighted by atomic mass is 9.89. The Bertz CT molecular complexity index is 203. The van der Waals surface area contributed by atoms with Crippen molar-refractivity contribution >= 4 is 11.8 Å². The first-order valence-electron chi connectivity index (χ1n) is 6.82. The topological polar surface area (TPSA) is 32.5 Å². The third-order valence-electron chi connectivity index (χ3n) is 3.78. The molecule has 102 valence electrons. The highest BCUT2D eigenvalue weighted by molar-refractivity contribution is 7.99. The molecule has 0 atom stereocenters. The van der Waals surface area contributed by atoms with Gasteiger partial charge in [-0.05, 0) is 51.4 Å². The van der Waals surface area contributed by atoms with Crippen LogP contribution >= 0.6 is 11.8 Å². The standard InChI is InChI=1S/C13H29N3S/c1-4-7-16(9-8-15(2)3)13(12-14)5-10-17-11-6-13/h4-12,14H2,1-3H3. The average molecular weight is 259 g/mol. The number of nitrogens with zero attached hydrogens (tertiary/aromatic N) is 2. The lowest BCUT2D eigenvalue weighted by molar-refractivity contribution is 0.0770. The maximum atomic E-state index is 6.11. The summed E-state index contributed by atoms with van der Waals surface area (Å²) < 4.78 is 0. The van der Waals surface area contributed by atoms with Crippen molar-refractivity contribution in [3.63, 3.8) is 0 Å². The van der Waals surface area contributed by atoms with Crippen molar-refractivity contribution in [1.82, 2.24) is 9.80 Å². The first-order chi connectivity index (χ1) is 8.14. The fourth-order valence-corrected chi connectivity index (χ4v) is 3.83. The number of rotatable bonds is 7. The van der Waals surface area contributed by atoms with Crippen LogP contribution in [0.1, 0.15) is 26.2 Å². The second kappa shape index (κ2) is 7.62. The van der Waals surface area contributed by atoms with Gasteiger partial charge in [-0.3, -0.25) is 4.90 Å². The van der Waals surface area contributed by atoms with Crippen molar-refractivity contribution in [2.24, 2.45) is 5.73 Å². The summed E-state index contributed by atoms with van der Waals surface area (Å²) in [4.78, 5) is 4.93. The Morgan fingerprint density at radius 1 is 1.12 bits per heavy atom. The van der Waals surface area contributed by atoms with Crippen LogP contribution in [0.15, 0.2) is 0 Å². The number of thioether (sulfide) groups is 1. The van der Waals surface area contributed by atoms with Gasteiger partial charge in [0, 0.05) is 25.2 Å². The minimum atomic E-state index is 0.289. The first-order valence-corrected chi connectivity index (χ1v) is 7.97. The Balaban J connectivity index is 2.63. The van der Waals surface area contributed by atoms with E-state index in [1.165, 1.54) is 37.3 Å². The summed E-state index contributed by atoms with van der Waals surface area (Å²) in [6.07, 6.45) is 3.76. The van der Waals surface area contributed by atoms with Crippen LogP contribution in [0.4, 0.5) is 0 Å². The van der Waals surface area contributed by atoms with Crippen LogP contribution in [0, 0.1) is 0 Å². The molecule has 0 unspecified atom stereocenters. The van der Waals surface area contributed by atoms with Gasteiger partial charge in [0.2, 0.25) is 0 Å². The average Bonchev–Trinajstić information content (AvgIpc) is 2.35. The van der Waals surface area contributed by atoms with Crippen molar-refractivity contribution in [2.75, 3.05) is 51.8 Å². The summed E-state index contributed by atoms with van der Waals surface area (Å²) in [5.41, 5.74) is 6.40. The van der Waals surface area contributed by atoms with Crippen molar-refractivity contribution in [3.8, 4) is 0 Å². The highest BCUT2D eigenvalue weighted by atomic mass is 32.2. The van der Waals surface area contributed by atoms with E-state index in [0.29, 0.717) is 0 Å². The van der Waals surface area contributed by atoms with E-state index in [1.807, 2.05) is 0 Å². The monoisotopic (exact) mass is 259 g/mol. The van der Waals surface area contributed by atoms with E-state index >= 15 is 0 Å². The molecule has 0 bridgehead atoms. The molecule has 0 aliphatic carbocycles. The zero-order valence-electron chi connectivity index (χ0n) is 11.7. The molecule has 1 heterocycles. The molecule has 0 aromatic carbocycles. The Morgan fingerprint density at radius 2 is 1.76 bits per heavy atom. The van der Waals surface area contributed by atoms with Gasteiger partial charge in [0.1, 0.15) is 0 Å². The molecule has 0 spiro atoms. The molecule has 0 amide bonds. The van der Waals surface area contributed by atoms with Crippen molar-refractivity contribution in [2.45, 2.75) is 31.7 Å². The molecule has 1 saturated heterocycles. The van der Waals surface area contributed by atoms with Gasteiger partial charge in [-0.1, -0.05) is 6.92 Å². The summed E-state index contributed by atoms with van der Waals surface area (Å²) in [5, 5.41) is 0. The molecular formula is C13H29N3S. The third kappa shape index (κ3) is 4.43.